The van der Waals surface area contributed by atoms with Crippen molar-refractivity contribution in [2.75, 3.05) is 6.61 Å². The predicted octanol–water partition coefficient (Wildman–Crippen LogP) is 3.97. The van der Waals surface area contributed by atoms with Gasteiger partial charge < -0.3 is 4.74 Å². The summed E-state index contributed by atoms with van der Waals surface area (Å²) in [5, 5.41) is 8.71. The molecule has 0 aliphatic carbocycles. The first kappa shape index (κ1) is 13.0. The van der Waals surface area contributed by atoms with Gasteiger partial charge in [0.15, 0.2) is 0 Å². The van der Waals surface area contributed by atoms with Crippen LogP contribution in [0.5, 0.6) is 0 Å². The molecule has 3 heteroatoms. The van der Waals surface area contributed by atoms with E-state index in [1.54, 1.807) is 6.07 Å². The molecular weight excluding hydrogens is 229 g/mol. The zero-order valence-corrected chi connectivity index (χ0v) is 10.7. The van der Waals surface area contributed by atoms with E-state index < -0.39 is 5.82 Å². The number of benzene rings is 1. The summed E-state index contributed by atoms with van der Waals surface area (Å²) in [7, 11) is 0. The molecule has 0 bridgehead atoms. The van der Waals surface area contributed by atoms with Crippen LogP contribution in [0.25, 0.3) is 0 Å². The molecule has 2 atom stereocenters. The molecule has 0 N–H and O–H groups in total. The summed E-state index contributed by atoms with van der Waals surface area (Å²) in [6.07, 6.45) is 4.43. The molecule has 1 saturated heterocycles. The highest BCUT2D eigenvalue weighted by molar-refractivity contribution is 5.34. The summed E-state index contributed by atoms with van der Waals surface area (Å²) in [4.78, 5) is 0. The largest absolute Gasteiger partial charge is 0.374 e. The van der Waals surface area contributed by atoms with Crippen molar-refractivity contribution in [2.24, 2.45) is 5.92 Å². The Bertz CT molecular complexity index is 450. The van der Waals surface area contributed by atoms with Crippen molar-refractivity contribution in [3.63, 3.8) is 0 Å². The van der Waals surface area contributed by atoms with Crippen molar-refractivity contribution in [3.05, 3.63) is 35.1 Å². The van der Waals surface area contributed by atoms with Crippen LogP contribution in [0.3, 0.4) is 0 Å². The van der Waals surface area contributed by atoms with E-state index in [-0.39, 0.29) is 11.7 Å². The van der Waals surface area contributed by atoms with E-state index in [0.717, 1.165) is 25.0 Å². The van der Waals surface area contributed by atoms with Gasteiger partial charge in [0, 0.05) is 6.61 Å². The molecule has 0 saturated carbocycles. The Labute approximate surface area is 107 Å². The number of hydrogen-bond donors (Lipinski definition) is 0. The molecule has 1 heterocycles. The summed E-state index contributed by atoms with van der Waals surface area (Å²) >= 11 is 0. The minimum atomic E-state index is -0.448. The molecule has 96 valence electrons. The number of hydrogen-bond acceptors (Lipinski definition) is 2. The van der Waals surface area contributed by atoms with Crippen LogP contribution in [0.2, 0.25) is 0 Å². The average molecular weight is 247 g/mol. The monoisotopic (exact) mass is 247 g/mol. The van der Waals surface area contributed by atoms with Crippen molar-refractivity contribution in [1.29, 1.82) is 5.26 Å². The summed E-state index contributed by atoms with van der Waals surface area (Å²) in [6.45, 7) is 2.93. The van der Waals surface area contributed by atoms with Gasteiger partial charge in [-0.15, -0.1) is 0 Å². The number of nitriles is 1. The molecule has 1 aromatic carbocycles. The van der Waals surface area contributed by atoms with Crippen LogP contribution in [-0.2, 0) is 4.74 Å². The van der Waals surface area contributed by atoms with Crippen LogP contribution in [0.4, 0.5) is 4.39 Å². The van der Waals surface area contributed by atoms with Gasteiger partial charge in [-0.3, -0.25) is 0 Å². The van der Waals surface area contributed by atoms with E-state index in [4.69, 9.17) is 10.00 Å². The molecule has 2 rings (SSSR count). The minimum absolute atomic E-state index is 0.0162. The van der Waals surface area contributed by atoms with Gasteiger partial charge in [-0.2, -0.15) is 5.26 Å². The number of nitrogens with zero attached hydrogens (tertiary/aromatic N) is 1. The van der Waals surface area contributed by atoms with Crippen LogP contribution in [0.1, 0.15) is 49.8 Å². The first-order valence-corrected chi connectivity index (χ1v) is 6.55. The normalized spacial score (nSPS) is 23.6. The van der Waals surface area contributed by atoms with Gasteiger partial charge in [-0.25, -0.2) is 4.39 Å². The van der Waals surface area contributed by atoms with Crippen molar-refractivity contribution in [2.45, 2.75) is 38.7 Å². The van der Waals surface area contributed by atoms with E-state index >= 15 is 0 Å². The van der Waals surface area contributed by atoms with Crippen molar-refractivity contribution in [1.82, 2.24) is 0 Å². The second kappa shape index (κ2) is 5.97. The van der Waals surface area contributed by atoms with Crippen LogP contribution >= 0.6 is 0 Å². The van der Waals surface area contributed by atoms with E-state index in [9.17, 15) is 4.39 Å². The smallest absolute Gasteiger partial charge is 0.141 e. The third-order valence-electron chi connectivity index (χ3n) is 3.57. The Kier molecular flexibility index (Phi) is 4.33. The fourth-order valence-electron chi connectivity index (χ4n) is 2.59. The molecule has 0 aromatic heterocycles. The number of rotatable bonds is 3. The quantitative estimate of drug-likeness (QED) is 0.809. The van der Waals surface area contributed by atoms with Gasteiger partial charge in [-0.05, 0) is 36.5 Å². The Morgan fingerprint density at radius 3 is 3.00 bits per heavy atom. The maximum Gasteiger partial charge on any atom is 0.141 e. The highest BCUT2D eigenvalue weighted by Crippen LogP contribution is 2.34. The lowest BCUT2D eigenvalue weighted by molar-refractivity contribution is -0.0123. The summed E-state index contributed by atoms with van der Waals surface area (Å²) in [6, 6.07) is 6.63. The molecular formula is C15H18FNO. The van der Waals surface area contributed by atoms with Crippen LogP contribution in [-0.4, -0.2) is 6.61 Å². The maximum atomic E-state index is 13.6. The standard InChI is InChI=1S/C15H18FNO/c1-2-3-11-6-7-18-15(8-11)12-4-5-13(10-17)14(16)9-12/h4-5,9,11,15H,2-3,6-8H2,1H3. The molecule has 18 heavy (non-hydrogen) atoms. The van der Waals surface area contributed by atoms with Gasteiger partial charge in [0.1, 0.15) is 11.9 Å². The molecule has 0 radical (unpaired) electrons. The minimum Gasteiger partial charge on any atom is -0.374 e. The predicted molar refractivity (Wildman–Crippen MR) is 67.4 cm³/mol. The highest BCUT2D eigenvalue weighted by Gasteiger charge is 2.23. The van der Waals surface area contributed by atoms with Gasteiger partial charge in [0.25, 0.3) is 0 Å². The molecule has 2 nitrogen and oxygen atoms in total. The molecule has 2 unspecified atom stereocenters. The fraction of sp³-hybridized carbons (Fsp3) is 0.533. The van der Waals surface area contributed by atoms with Crippen molar-refractivity contribution in [3.8, 4) is 6.07 Å². The summed E-state index contributed by atoms with van der Waals surface area (Å²) in [5.41, 5.74) is 0.951. The average Bonchev–Trinajstić information content (AvgIpc) is 2.39. The van der Waals surface area contributed by atoms with Crippen molar-refractivity contribution < 1.29 is 9.13 Å². The summed E-state index contributed by atoms with van der Waals surface area (Å²) < 4.78 is 19.3. The van der Waals surface area contributed by atoms with E-state index in [0.29, 0.717) is 5.92 Å². The lowest BCUT2D eigenvalue weighted by Gasteiger charge is -2.29. The molecule has 1 aliphatic rings. The third-order valence-corrected chi connectivity index (χ3v) is 3.57. The summed E-state index contributed by atoms with van der Waals surface area (Å²) in [5.74, 6) is 0.226. The number of halogens is 1. The lowest BCUT2D eigenvalue weighted by atomic mass is 9.88. The van der Waals surface area contributed by atoms with Crippen LogP contribution < -0.4 is 0 Å². The van der Waals surface area contributed by atoms with Crippen LogP contribution in [0.15, 0.2) is 18.2 Å². The van der Waals surface area contributed by atoms with Gasteiger partial charge >= 0.3 is 0 Å². The van der Waals surface area contributed by atoms with Gasteiger partial charge in [0.05, 0.1) is 11.7 Å². The molecule has 0 spiro atoms. The molecule has 1 aromatic rings. The number of ether oxygens (including phenoxy) is 1. The molecule has 1 fully saturated rings. The zero-order chi connectivity index (χ0) is 13.0. The van der Waals surface area contributed by atoms with Gasteiger partial charge in [-0.1, -0.05) is 25.8 Å². The van der Waals surface area contributed by atoms with Crippen molar-refractivity contribution >= 4 is 0 Å². The molecule has 1 aliphatic heterocycles. The fourth-order valence-corrected chi connectivity index (χ4v) is 2.59. The first-order chi connectivity index (χ1) is 8.74. The Morgan fingerprint density at radius 2 is 2.33 bits per heavy atom. The van der Waals surface area contributed by atoms with E-state index in [1.165, 1.54) is 25.0 Å². The second-order valence-corrected chi connectivity index (χ2v) is 4.89. The second-order valence-electron chi connectivity index (χ2n) is 4.89. The maximum absolute atomic E-state index is 13.6. The zero-order valence-electron chi connectivity index (χ0n) is 10.7. The van der Waals surface area contributed by atoms with Gasteiger partial charge in [0.2, 0.25) is 0 Å². The van der Waals surface area contributed by atoms with Crippen LogP contribution in [0, 0.1) is 23.1 Å². The Balaban J connectivity index is 2.11. The topological polar surface area (TPSA) is 33.0 Å². The highest BCUT2D eigenvalue weighted by atomic mass is 19.1. The first-order valence-electron chi connectivity index (χ1n) is 6.55. The Morgan fingerprint density at radius 1 is 1.50 bits per heavy atom. The van der Waals surface area contributed by atoms with E-state index in [1.807, 2.05) is 6.07 Å². The van der Waals surface area contributed by atoms with E-state index in [2.05, 4.69) is 6.92 Å². The SMILES string of the molecule is CCCC1CCOC(c2ccc(C#N)c(F)c2)C1. The molecule has 0 amide bonds. The lowest BCUT2D eigenvalue weighted by Crippen LogP contribution is -2.20. The third kappa shape index (κ3) is 2.88. The Hall–Kier alpha value is -1.40.